The lowest BCUT2D eigenvalue weighted by Gasteiger charge is -2.12. The van der Waals surface area contributed by atoms with Crippen molar-refractivity contribution in [2.75, 3.05) is 5.32 Å². The van der Waals surface area contributed by atoms with E-state index in [1.807, 2.05) is 13.8 Å². The van der Waals surface area contributed by atoms with E-state index in [4.69, 9.17) is 5.73 Å². The summed E-state index contributed by atoms with van der Waals surface area (Å²) in [4.78, 5) is 11.5. The second-order valence-electron chi connectivity index (χ2n) is 3.97. The van der Waals surface area contributed by atoms with Gasteiger partial charge in [-0.1, -0.05) is 25.2 Å². The third kappa shape index (κ3) is 4.31. The van der Waals surface area contributed by atoms with Gasteiger partial charge in [-0.05, 0) is 12.3 Å². The Morgan fingerprint density at radius 2 is 2.12 bits per heavy atom. The Kier molecular flexibility index (Phi) is 4.88. The van der Waals surface area contributed by atoms with Gasteiger partial charge in [0.2, 0.25) is 11.0 Å². The van der Waals surface area contributed by atoms with E-state index in [0.29, 0.717) is 17.8 Å². The van der Waals surface area contributed by atoms with E-state index in [2.05, 4.69) is 15.5 Å². The number of amides is 1. The van der Waals surface area contributed by atoms with Crippen molar-refractivity contribution in [3.8, 4) is 0 Å². The Morgan fingerprint density at radius 1 is 1.47 bits per heavy atom. The summed E-state index contributed by atoms with van der Waals surface area (Å²) in [6, 6.07) is -0.672. The highest BCUT2D eigenvalue weighted by molar-refractivity contribution is 7.15. The number of hydrogen-bond donors (Lipinski definition) is 2. The van der Waals surface area contributed by atoms with E-state index in [0.717, 1.165) is 0 Å². The van der Waals surface area contributed by atoms with Crippen molar-refractivity contribution in [3.63, 3.8) is 0 Å². The minimum absolute atomic E-state index is 0.0458. The van der Waals surface area contributed by atoms with E-state index < -0.39 is 23.4 Å². The maximum atomic E-state index is 12.2. The van der Waals surface area contributed by atoms with Gasteiger partial charge >= 0.3 is 0 Å². The molecule has 0 fully saturated rings. The van der Waals surface area contributed by atoms with Gasteiger partial charge in [0.05, 0.1) is 6.04 Å². The first-order valence-electron chi connectivity index (χ1n) is 5.08. The summed E-state index contributed by atoms with van der Waals surface area (Å²) in [5.41, 5.74) is 5.63. The lowest BCUT2D eigenvalue weighted by Crippen LogP contribution is -2.36. The van der Waals surface area contributed by atoms with Crippen molar-refractivity contribution >= 4 is 22.4 Å². The SMILES string of the molecule is CC(C)C[C@H](N)C(=O)Nc1nnc(C(F)F)s1. The van der Waals surface area contributed by atoms with Crippen molar-refractivity contribution < 1.29 is 13.6 Å². The molecule has 1 atom stereocenters. The molecule has 1 rings (SSSR count). The van der Waals surface area contributed by atoms with Gasteiger partial charge in [0.15, 0.2) is 5.01 Å². The average Bonchev–Trinajstić information content (AvgIpc) is 2.65. The predicted octanol–water partition coefficient (Wildman–Crippen LogP) is 1.79. The van der Waals surface area contributed by atoms with E-state index in [9.17, 15) is 13.6 Å². The summed E-state index contributed by atoms with van der Waals surface area (Å²) in [7, 11) is 0. The molecule has 3 N–H and O–H groups in total. The molecule has 1 amide bonds. The van der Waals surface area contributed by atoms with Gasteiger partial charge in [-0.3, -0.25) is 10.1 Å². The largest absolute Gasteiger partial charge is 0.320 e. The third-order valence-electron chi connectivity index (χ3n) is 1.92. The fourth-order valence-electron chi connectivity index (χ4n) is 1.19. The number of rotatable bonds is 5. The molecule has 17 heavy (non-hydrogen) atoms. The molecule has 1 aromatic heterocycles. The first-order chi connectivity index (χ1) is 7.90. The molecule has 1 heterocycles. The van der Waals surface area contributed by atoms with Crippen LogP contribution in [0, 0.1) is 5.92 Å². The topological polar surface area (TPSA) is 80.9 Å². The number of carbonyl (C=O) groups is 1. The molecular weight excluding hydrogens is 250 g/mol. The van der Waals surface area contributed by atoms with Gasteiger partial charge in [0.1, 0.15) is 0 Å². The number of aromatic nitrogens is 2. The van der Waals surface area contributed by atoms with Crippen LogP contribution in [0.1, 0.15) is 31.7 Å². The fraction of sp³-hybridized carbons (Fsp3) is 0.667. The smallest absolute Gasteiger partial charge is 0.291 e. The molecule has 0 saturated heterocycles. The van der Waals surface area contributed by atoms with E-state index in [1.54, 1.807) is 0 Å². The van der Waals surface area contributed by atoms with Crippen molar-refractivity contribution in [3.05, 3.63) is 5.01 Å². The Labute approximate surface area is 101 Å². The Morgan fingerprint density at radius 3 is 2.59 bits per heavy atom. The van der Waals surface area contributed by atoms with Crippen LogP contribution in [0.25, 0.3) is 0 Å². The van der Waals surface area contributed by atoms with Crippen LogP contribution < -0.4 is 11.1 Å². The predicted molar refractivity (Wildman–Crippen MR) is 60.9 cm³/mol. The molecule has 0 bridgehead atoms. The van der Waals surface area contributed by atoms with Gasteiger partial charge in [0, 0.05) is 0 Å². The number of halogens is 2. The van der Waals surface area contributed by atoms with E-state index >= 15 is 0 Å². The van der Waals surface area contributed by atoms with Crippen LogP contribution in [0.4, 0.5) is 13.9 Å². The highest BCUT2D eigenvalue weighted by atomic mass is 32.1. The molecular formula is C9H14F2N4OS. The fourth-order valence-corrected chi connectivity index (χ4v) is 1.79. The second kappa shape index (κ2) is 5.97. The highest BCUT2D eigenvalue weighted by Crippen LogP contribution is 2.25. The first-order valence-corrected chi connectivity index (χ1v) is 5.89. The lowest BCUT2D eigenvalue weighted by atomic mass is 10.0. The number of nitrogens with two attached hydrogens (primary N) is 1. The number of alkyl halides is 2. The number of nitrogens with zero attached hydrogens (tertiary/aromatic N) is 2. The zero-order valence-electron chi connectivity index (χ0n) is 9.48. The molecule has 0 radical (unpaired) electrons. The van der Waals surface area contributed by atoms with Crippen LogP contribution in [-0.4, -0.2) is 22.1 Å². The number of nitrogens with one attached hydrogen (secondary N) is 1. The summed E-state index contributed by atoms with van der Waals surface area (Å²) >= 11 is 0.646. The Hall–Kier alpha value is -1.15. The summed E-state index contributed by atoms with van der Waals surface area (Å²) < 4.78 is 24.4. The molecule has 0 spiro atoms. The molecule has 0 saturated carbocycles. The van der Waals surface area contributed by atoms with Gasteiger partial charge in [-0.15, -0.1) is 10.2 Å². The van der Waals surface area contributed by atoms with Crippen LogP contribution in [-0.2, 0) is 4.79 Å². The van der Waals surface area contributed by atoms with Crippen LogP contribution >= 0.6 is 11.3 Å². The minimum atomic E-state index is -2.68. The third-order valence-corrected chi connectivity index (χ3v) is 2.77. The maximum absolute atomic E-state index is 12.2. The zero-order chi connectivity index (χ0) is 13.0. The lowest BCUT2D eigenvalue weighted by molar-refractivity contribution is -0.117. The molecule has 0 aliphatic carbocycles. The molecule has 1 aromatic rings. The summed E-state index contributed by atoms with van der Waals surface area (Å²) in [5, 5.41) is 8.69. The first kappa shape index (κ1) is 13.9. The van der Waals surface area contributed by atoms with Gasteiger partial charge in [0.25, 0.3) is 6.43 Å². The van der Waals surface area contributed by atoms with E-state index in [-0.39, 0.29) is 11.0 Å². The number of carbonyl (C=O) groups excluding carboxylic acids is 1. The standard InChI is InChI=1S/C9H14F2N4OS/c1-4(2)3-5(12)7(16)13-9-15-14-8(17-9)6(10)11/h4-6H,3,12H2,1-2H3,(H,13,15,16)/t5-/m0/s1. The van der Waals surface area contributed by atoms with Crippen molar-refractivity contribution in [2.24, 2.45) is 11.7 Å². The van der Waals surface area contributed by atoms with Gasteiger partial charge in [-0.2, -0.15) is 0 Å². The number of anilines is 1. The molecule has 8 heteroatoms. The summed E-state index contributed by atoms with van der Waals surface area (Å²) in [6.45, 7) is 3.87. The quantitative estimate of drug-likeness (QED) is 0.849. The Bertz CT molecular complexity index is 383. The van der Waals surface area contributed by atoms with Gasteiger partial charge < -0.3 is 5.73 Å². The summed E-state index contributed by atoms with van der Waals surface area (Å²) in [6.07, 6.45) is -2.16. The van der Waals surface area contributed by atoms with Crippen molar-refractivity contribution in [1.29, 1.82) is 0 Å². The minimum Gasteiger partial charge on any atom is -0.320 e. The van der Waals surface area contributed by atoms with Crippen LogP contribution in [0.2, 0.25) is 0 Å². The van der Waals surface area contributed by atoms with Crippen molar-refractivity contribution in [1.82, 2.24) is 10.2 Å². The monoisotopic (exact) mass is 264 g/mol. The highest BCUT2D eigenvalue weighted by Gasteiger charge is 2.19. The average molecular weight is 264 g/mol. The molecule has 5 nitrogen and oxygen atoms in total. The molecule has 96 valence electrons. The van der Waals surface area contributed by atoms with Crippen molar-refractivity contribution in [2.45, 2.75) is 32.7 Å². The number of hydrogen-bond acceptors (Lipinski definition) is 5. The van der Waals surface area contributed by atoms with Gasteiger partial charge in [-0.25, -0.2) is 8.78 Å². The van der Waals surface area contributed by atoms with E-state index in [1.165, 1.54) is 0 Å². The molecule has 0 aliphatic heterocycles. The normalized spacial score (nSPS) is 13.1. The maximum Gasteiger partial charge on any atom is 0.291 e. The molecule has 0 unspecified atom stereocenters. The van der Waals surface area contributed by atoms with Crippen LogP contribution in [0.15, 0.2) is 0 Å². The van der Waals surface area contributed by atoms with Crippen LogP contribution in [0.3, 0.4) is 0 Å². The molecule has 0 aliphatic rings. The second-order valence-corrected chi connectivity index (χ2v) is 4.98. The van der Waals surface area contributed by atoms with Crippen LogP contribution in [0.5, 0.6) is 0 Å². The Balaban J connectivity index is 2.55. The summed E-state index contributed by atoms with van der Waals surface area (Å²) in [5.74, 6) is -0.155. The molecule has 0 aromatic carbocycles. The zero-order valence-corrected chi connectivity index (χ0v) is 10.3.